The van der Waals surface area contributed by atoms with Gasteiger partial charge in [-0.1, -0.05) is 42.5 Å². The Balaban J connectivity index is 1.48. The van der Waals surface area contributed by atoms with Gasteiger partial charge < -0.3 is 15.1 Å². The number of amides is 2. The first kappa shape index (κ1) is 16.8. The van der Waals surface area contributed by atoms with Gasteiger partial charge in [0.25, 0.3) is 5.91 Å². The molecule has 5 nitrogen and oxygen atoms in total. The highest BCUT2D eigenvalue weighted by Gasteiger charge is 2.17. The van der Waals surface area contributed by atoms with E-state index in [1.807, 2.05) is 12.1 Å². The number of hydrogen-bond acceptors (Lipinski definition) is 3. The van der Waals surface area contributed by atoms with E-state index in [0.717, 1.165) is 12.0 Å². The number of carbonyl (C=O) groups excluding carboxylic acids is 2. The van der Waals surface area contributed by atoms with Crippen molar-refractivity contribution in [1.29, 1.82) is 0 Å². The number of benzene rings is 2. The molecular weight excluding hydrogens is 316 g/mol. The molecular formula is C20H20N2O3. The molecule has 128 valence electrons. The zero-order chi connectivity index (χ0) is 17.6. The van der Waals surface area contributed by atoms with E-state index in [9.17, 15) is 9.59 Å². The van der Waals surface area contributed by atoms with Crippen molar-refractivity contribution in [3.8, 4) is 0 Å². The molecule has 1 heterocycles. The van der Waals surface area contributed by atoms with Crippen LogP contribution in [0.1, 0.15) is 23.0 Å². The van der Waals surface area contributed by atoms with Crippen LogP contribution in [0.25, 0.3) is 10.8 Å². The summed E-state index contributed by atoms with van der Waals surface area (Å²) in [4.78, 5) is 23.9. The van der Waals surface area contributed by atoms with Crippen LogP contribution in [-0.4, -0.2) is 24.4 Å². The van der Waals surface area contributed by atoms with Gasteiger partial charge in [-0.15, -0.1) is 0 Å². The molecule has 0 radical (unpaired) electrons. The van der Waals surface area contributed by atoms with Gasteiger partial charge in [0.1, 0.15) is 6.04 Å². The monoisotopic (exact) mass is 336 g/mol. The summed E-state index contributed by atoms with van der Waals surface area (Å²) in [6.45, 7) is 2.16. The number of carbonyl (C=O) groups is 2. The third-order valence-electron chi connectivity index (χ3n) is 4.01. The number of rotatable bonds is 6. The van der Waals surface area contributed by atoms with E-state index >= 15 is 0 Å². The van der Waals surface area contributed by atoms with Crippen LogP contribution in [0.5, 0.6) is 0 Å². The lowest BCUT2D eigenvalue weighted by Gasteiger charge is -2.13. The van der Waals surface area contributed by atoms with Crippen molar-refractivity contribution in [3.63, 3.8) is 0 Å². The van der Waals surface area contributed by atoms with E-state index in [4.69, 9.17) is 4.42 Å². The van der Waals surface area contributed by atoms with E-state index in [1.54, 1.807) is 19.1 Å². The van der Waals surface area contributed by atoms with Crippen molar-refractivity contribution in [2.75, 3.05) is 6.54 Å². The summed E-state index contributed by atoms with van der Waals surface area (Å²) in [5.41, 5.74) is 1.16. The first-order chi connectivity index (χ1) is 12.1. The Morgan fingerprint density at radius 3 is 2.60 bits per heavy atom. The molecule has 5 heteroatoms. The fourth-order valence-corrected chi connectivity index (χ4v) is 2.62. The van der Waals surface area contributed by atoms with E-state index in [2.05, 4.69) is 41.0 Å². The third kappa shape index (κ3) is 4.26. The second kappa shape index (κ2) is 7.66. The molecule has 1 aromatic heterocycles. The molecule has 0 aliphatic heterocycles. The SMILES string of the molecule is CC(NC(=O)c1ccco1)C(=O)NCCc1ccc2ccccc2c1. The molecule has 3 aromatic rings. The quantitative estimate of drug-likeness (QED) is 0.727. The van der Waals surface area contributed by atoms with Crippen LogP contribution in [0.2, 0.25) is 0 Å². The summed E-state index contributed by atoms with van der Waals surface area (Å²) in [5.74, 6) is -0.432. The highest BCUT2D eigenvalue weighted by atomic mass is 16.3. The summed E-state index contributed by atoms with van der Waals surface area (Å²) in [6, 6.07) is 17.0. The fourth-order valence-electron chi connectivity index (χ4n) is 2.62. The lowest BCUT2D eigenvalue weighted by molar-refractivity contribution is -0.122. The predicted molar refractivity (Wildman–Crippen MR) is 96.3 cm³/mol. The van der Waals surface area contributed by atoms with Crippen molar-refractivity contribution in [2.24, 2.45) is 0 Å². The van der Waals surface area contributed by atoms with E-state index in [1.165, 1.54) is 17.0 Å². The van der Waals surface area contributed by atoms with Gasteiger partial charge >= 0.3 is 0 Å². The highest BCUT2D eigenvalue weighted by Crippen LogP contribution is 2.15. The normalized spacial score (nSPS) is 11.9. The largest absolute Gasteiger partial charge is 0.459 e. The molecule has 25 heavy (non-hydrogen) atoms. The fraction of sp³-hybridized carbons (Fsp3) is 0.200. The van der Waals surface area contributed by atoms with E-state index in [-0.39, 0.29) is 11.7 Å². The Bertz CT molecular complexity index is 872. The van der Waals surface area contributed by atoms with Gasteiger partial charge in [-0.2, -0.15) is 0 Å². The summed E-state index contributed by atoms with van der Waals surface area (Å²) >= 11 is 0. The first-order valence-corrected chi connectivity index (χ1v) is 8.23. The predicted octanol–water partition coefficient (Wildman–Crippen LogP) is 2.91. The van der Waals surface area contributed by atoms with Crippen molar-refractivity contribution in [1.82, 2.24) is 10.6 Å². The van der Waals surface area contributed by atoms with Gasteiger partial charge in [0.05, 0.1) is 6.26 Å². The maximum atomic E-state index is 12.1. The molecule has 2 aromatic carbocycles. The summed E-state index contributed by atoms with van der Waals surface area (Å²) in [5, 5.41) is 7.84. The first-order valence-electron chi connectivity index (χ1n) is 8.23. The molecule has 0 spiro atoms. The maximum Gasteiger partial charge on any atom is 0.287 e. The second-order valence-corrected chi connectivity index (χ2v) is 5.89. The van der Waals surface area contributed by atoms with Gasteiger partial charge in [0.15, 0.2) is 5.76 Å². The van der Waals surface area contributed by atoms with E-state index < -0.39 is 11.9 Å². The third-order valence-corrected chi connectivity index (χ3v) is 4.01. The van der Waals surface area contributed by atoms with Crippen LogP contribution in [0, 0.1) is 0 Å². The van der Waals surface area contributed by atoms with Crippen molar-refractivity contribution < 1.29 is 14.0 Å². The number of furan rings is 1. The smallest absolute Gasteiger partial charge is 0.287 e. The Kier molecular flexibility index (Phi) is 5.14. The minimum absolute atomic E-state index is 0.191. The molecule has 1 unspecified atom stereocenters. The minimum Gasteiger partial charge on any atom is -0.459 e. The molecule has 1 atom stereocenters. The maximum absolute atomic E-state index is 12.1. The van der Waals surface area contributed by atoms with E-state index in [0.29, 0.717) is 6.54 Å². The summed E-state index contributed by atoms with van der Waals surface area (Å²) in [6.07, 6.45) is 2.15. The number of fused-ring (bicyclic) bond motifs is 1. The number of hydrogen-bond donors (Lipinski definition) is 2. The molecule has 3 rings (SSSR count). The van der Waals surface area contributed by atoms with Gasteiger partial charge in [0, 0.05) is 6.54 Å². The average Bonchev–Trinajstić information content (AvgIpc) is 3.16. The van der Waals surface area contributed by atoms with Gasteiger partial charge in [0.2, 0.25) is 5.91 Å². The average molecular weight is 336 g/mol. The topological polar surface area (TPSA) is 71.3 Å². The number of nitrogens with one attached hydrogen (secondary N) is 2. The zero-order valence-corrected chi connectivity index (χ0v) is 14.0. The Morgan fingerprint density at radius 1 is 1.04 bits per heavy atom. The van der Waals surface area contributed by atoms with Crippen LogP contribution in [0.3, 0.4) is 0 Å². The Hall–Kier alpha value is -3.08. The van der Waals surface area contributed by atoms with Crippen LogP contribution < -0.4 is 10.6 Å². The van der Waals surface area contributed by atoms with Crippen molar-refractivity contribution in [3.05, 3.63) is 72.2 Å². The zero-order valence-electron chi connectivity index (χ0n) is 14.0. The standard InChI is InChI=1S/C20H20N2O3/c1-14(22-20(24)18-7-4-12-25-18)19(23)21-11-10-15-8-9-16-5-2-3-6-17(16)13-15/h2-9,12-14H,10-11H2,1H3,(H,21,23)(H,22,24). The molecule has 2 amide bonds. The molecule has 0 fully saturated rings. The summed E-state index contributed by atoms with van der Waals surface area (Å²) < 4.78 is 5.01. The van der Waals surface area contributed by atoms with Crippen LogP contribution in [-0.2, 0) is 11.2 Å². The minimum atomic E-state index is -0.630. The van der Waals surface area contributed by atoms with Gasteiger partial charge in [-0.3, -0.25) is 9.59 Å². The van der Waals surface area contributed by atoms with Crippen molar-refractivity contribution in [2.45, 2.75) is 19.4 Å². The van der Waals surface area contributed by atoms with Gasteiger partial charge in [-0.05, 0) is 41.8 Å². The lowest BCUT2D eigenvalue weighted by atomic mass is 10.1. The Morgan fingerprint density at radius 2 is 1.84 bits per heavy atom. The Labute approximate surface area is 146 Å². The van der Waals surface area contributed by atoms with Crippen LogP contribution in [0.15, 0.2) is 65.3 Å². The molecule has 0 saturated carbocycles. The lowest BCUT2D eigenvalue weighted by Crippen LogP contribution is -2.45. The summed E-state index contributed by atoms with van der Waals surface area (Å²) in [7, 11) is 0. The second-order valence-electron chi connectivity index (χ2n) is 5.89. The molecule has 2 N–H and O–H groups in total. The molecule has 0 aliphatic carbocycles. The van der Waals surface area contributed by atoms with Crippen LogP contribution in [0.4, 0.5) is 0 Å². The van der Waals surface area contributed by atoms with Crippen LogP contribution >= 0.6 is 0 Å². The molecule has 0 aliphatic rings. The molecule has 0 saturated heterocycles. The highest BCUT2D eigenvalue weighted by molar-refractivity contribution is 5.95. The molecule has 0 bridgehead atoms. The van der Waals surface area contributed by atoms with Crippen molar-refractivity contribution >= 4 is 22.6 Å². The van der Waals surface area contributed by atoms with Gasteiger partial charge in [-0.25, -0.2) is 0 Å².